The van der Waals surface area contributed by atoms with Crippen molar-refractivity contribution in [1.82, 2.24) is 0 Å². The van der Waals surface area contributed by atoms with Crippen LogP contribution in [-0.4, -0.2) is 31.3 Å². The molecule has 0 aliphatic rings. The van der Waals surface area contributed by atoms with Crippen LogP contribution in [-0.2, 0) is 19.1 Å². The molecular formula is C14H17NO5. The predicted molar refractivity (Wildman–Crippen MR) is 72.8 cm³/mol. The Balaban J connectivity index is 2.92. The van der Waals surface area contributed by atoms with E-state index < -0.39 is 18.0 Å². The quantitative estimate of drug-likeness (QED) is 0.625. The van der Waals surface area contributed by atoms with Crippen LogP contribution >= 0.6 is 0 Å². The number of methoxy groups -OCH3 is 2. The third-order valence-electron chi connectivity index (χ3n) is 2.54. The lowest BCUT2D eigenvalue weighted by atomic mass is 10.1. The smallest absolute Gasteiger partial charge is 0.354 e. The Morgan fingerprint density at radius 2 is 1.80 bits per heavy atom. The van der Waals surface area contributed by atoms with Crippen LogP contribution in [0.25, 0.3) is 0 Å². The lowest BCUT2D eigenvalue weighted by Crippen LogP contribution is -2.15. The number of ether oxygens (including phenoxy) is 2. The standard InChI is InChI=1S/C14H17NO5/c1-9(16)10-4-6-11(7-5-10)15-12(14(18)20-3)8-13(17)19-2/h4-9,15-16H,1-3H3/b12-8+. The molecule has 1 aromatic rings. The van der Waals surface area contributed by atoms with Gasteiger partial charge in [-0.1, -0.05) is 12.1 Å². The molecule has 1 atom stereocenters. The van der Waals surface area contributed by atoms with E-state index in [9.17, 15) is 14.7 Å². The van der Waals surface area contributed by atoms with Gasteiger partial charge >= 0.3 is 11.9 Å². The zero-order valence-corrected chi connectivity index (χ0v) is 11.5. The molecule has 0 aliphatic carbocycles. The van der Waals surface area contributed by atoms with E-state index >= 15 is 0 Å². The van der Waals surface area contributed by atoms with Crippen molar-refractivity contribution in [1.29, 1.82) is 0 Å². The molecule has 20 heavy (non-hydrogen) atoms. The molecule has 0 fully saturated rings. The number of aliphatic hydroxyl groups is 1. The van der Waals surface area contributed by atoms with Crippen LogP contribution in [0.15, 0.2) is 36.0 Å². The highest BCUT2D eigenvalue weighted by Crippen LogP contribution is 2.17. The third kappa shape index (κ3) is 4.40. The maximum Gasteiger partial charge on any atom is 0.354 e. The van der Waals surface area contributed by atoms with Gasteiger partial charge in [0.05, 0.1) is 26.4 Å². The van der Waals surface area contributed by atoms with Gasteiger partial charge in [0.25, 0.3) is 0 Å². The first kappa shape index (κ1) is 15.7. The van der Waals surface area contributed by atoms with Gasteiger partial charge in [0.15, 0.2) is 0 Å². The molecule has 6 heteroatoms. The lowest BCUT2D eigenvalue weighted by molar-refractivity contribution is -0.138. The van der Waals surface area contributed by atoms with Crippen molar-refractivity contribution in [2.75, 3.05) is 19.5 Å². The molecule has 1 aromatic carbocycles. The second-order valence-electron chi connectivity index (χ2n) is 4.00. The highest BCUT2D eigenvalue weighted by Gasteiger charge is 2.12. The summed E-state index contributed by atoms with van der Waals surface area (Å²) in [6, 6.07) is 6.77. The van der Waals surface area contributed by atoms with Crippen LogP contribution in [0.1, 0.15) is 18.6 Å². The third-order valence-corrected chi connectivity index (χ3v) is 2.54. The van der Waals surface area contributed by atoms with Crippen LogP contribution in [0, 0.1) is 0 Å². The van der Waals surface area contributed by atoms with Gasteiger partial charge in [-0.25, -0.2) is 9.59 Å². The number of rotatable bonds is 5. The van der Waals surface area contributed by atoms with E-state index in [4.69, 9.17) is 0 Å². The first-order valence-corrected chi connectivity index (χ1v) is 5.91. The summed E-state index contributed by atoms with van der Waals surface area (Å²) in [6.45, 7) is 1.65. The monoisotopic (exact) mass is 279 g/mol. The fourth-order valence-electron chi connectivity index (χ4n) is 1.43. The SMILES string of the molecule is COC(=O)/C=C(/Nc1ccc(C(C)O)cc1)C(=O)OC. The molecular weight excluding hydrogens is 262 g/mol. The maximum atomic E-state index is 11.5. The molecule has 1 unspecified atom stereocenters. The first-order valence-electron chi connectivity index (χ1n) is 5.91. The number of hydrogen-bond donors (Lipinski definition) is 2. The molecule has 0 heterocycles. The van der Waals surface area contributed by atoms with Gasteiger partial charge < -0.3 is 19.9 Å². The molecule has 0 saturated carbocycles. The summed E-state index contributed by atoms with van der Waals surface area (Å²) in [4.78, 5) is 22.7. The maximum absolute atomic E-state index is 11.5. The molecule has 1 rings (SSSR count). The summed E-state index contributed by atoms with van der Waals surface area (Å²) in [6.07, 6.45) is 0.434. The minimum Gasteiger partial charge on any atom is -0.466 e. The van der Waals surface area contributed by atoms with Crippen molar-refractivity contribution >= 4 is 17.6 Å². The van der Waals surface area contributed by atoms with Crippen LogP contribution < -0.4 is 5.32 Å². The van der Waals surface area contributed by atoms with Crippen molar-refractivity contribution in [3.63, 3.8) is 0 Å². The normalized spacial score (nSPS) is 12.5. The highest BCUT2D eigenvalue weighted by atomic mass is 16.5. The van der Waals surface area contributed by atoms with Gasteiger partial charge in [0.1, 0.15) is 5.70 Å². The van der Waals surface area contributed by atoms with Crippen LogP contribution in [0.5, 0.6) is 0 Å². The molecule has 2 N–H and O–H groups in total. The topological polar surface area (TPSA) is 84.9 Å². The van der Waals surface area contributed by atoms with Crippen molar-refractivity contribution < 1.29 is 24.2 Å². The van der Waals surface area contributed by atoms with E-state index in [2.05, 4.69) is 14.8 Å². The highest BCUT2D eigenvalue weighted by molar-refractivity contribution is 5.98. The van der Waals surface area contributed by atoms with Crippen LogP contribution in [0.3, 0.4) is 0 Å². The lowest BCUT2D eigenvalue weighted by Gasteiger charge is -2.10. The van der Waals surface area contributed by atoms with E-state index in [0.29, 0.717) is 5.69 Å². The molecule has 6 nitrogen and oxygen atoms in total. The Kier molecular flexibility index (Phi) is 5.74. The largest absolute Gasteiger partial charge is 0.466 e. The number of anilines is 1. The van der Waals surface area contributed by atoms with Crippen LogP contribution in [0.2, 0.25) is 0 Å². The van der Waals surface area contributed by atoms with Crippen molar-refractivity contribution in [2.45, 2.75) is 13.0 Å². The molecule has 0 amide bonds. The van der Waals surface area contributed by atoms with Gasteiger partial charge in [-0.2, -0.15) is 0 Å². The van der Waals surface area contributed by atoms with Crippen molar-refractivity contribution in [3.8, 4) is 0 Å². The number of benzene rings is 1. The molecule has 0 saturated heterocycles. The number of hydrogen-bond acceptors (Lipinski definition) is 6. The number of carbonyl (C=O) groups excluding carboxylic acids is 2. The van der Waals surface area contributed by atoms with Crippen LogP contribution in [0.4, 0.5) is 5.69 Å². The average Bonchev–Trinajstić information content (AvgIpc) is 2.46. The minimum atomic E-state index is -0.685. The van der Waals surface area contributed by atoms with Gasteiger partial charge in [0, 0.05) is 5.69 Å². The number of carbonyl (C=O) groups is 2. The van der Waals surface area contributed by atoms with Crippen molar-refractivity contribution in [2.24, 2.45) is 0 Å². The molecule has 0 aromatic heterocycles. The Morgan fingerprint density at radius 1 is 1.20 bits per heavy atom. The van der Waals surface area contributed by atoms with Gasteiger partial charge in [-0.15, -0.1) is 0 Å². The van der Waals surface area contributed by atoms with E-state index in [-0.39, 0.29) is 5.70 Å². The fourth-order valence-corrected chi connectivity index (χ4v) is 1.43. The predicted octanol–water partition coefficient (Wildman–Crippen LogP) is 1.38. The van der Waals surface area contributed by atoms with E-state index in [1.807, 2.05) is 0 Å². The summed E-state index contributed by atoms with van der Waals surface area (Å²) in [5, 5.41) is 12.2. The molecule has 0 aliphatic heterocycles. The van der Waals surface area contributed by atoms with E-state index in [1.54, 1.807) is 31.2 Å². The van der Waals surface area contributed by atoms with Gasteiger partial charge in [-0.3, -0.25) is 0 Å². The zero-order chi connectivity index (χ0) is 15.1. The zero-order valence-electron chi connectivity index (χ0n) is 11.5. The Labute approximate surface area is 117 Å². The number of nitrogens with one attached hydrogen (secondary N) is 1. The van der Waals surface area contributed by atoms with E-state index in [1.165, 1.54) is 14.2 Å². The summed E-state index contributed by atoms with van der Waals surface area (Å²) < 4.78 is 9.04. The minimum absolute atomic E-state index is 0.0378. The summed E-state index contributed by atoms with van der Waals surface area (Å²) in [5.41, 5.74) is 1.28. The fraction of sp³-hybridized carbons (Fsp3) is 0.286. The summed E-state index contributed by atoms with van der Waals surface area (Å²) >= 11 is 0. The van der Waals surface area contributed by atoms with E-state index in [0.717, 1.165) is 11.6 Å². The summed E-state index contributed by atoms with van der Waals surface area (Å²) in [7, 11) is 2.43. The second kappa shape index (κ2) is 7.30. The number of esters is 2. The Morgan fingerprint density at radius 3 is 2.25 bits per heavy atom. The first-order chi connectivity index (χ1) is 9.47. The molecule has 0 spiro atoms. The van der Waals surface area contributed by atoms with Crippen molar-refractivity contribution in [3.05, 3.63) is 41.6 Å². The average molecular weight is 279 g/mol. The number of aliphatic hydroxyl groups excluding tert-OH is 1. The molecule has 0 bridgehead atoms. The van der Waals surface area contributed by atoms with Gasteiger partial charge in [0.2, 0.25) is 0 Å². The Hall–Kier alpha value is -2.34. The Bertz CT molecular complexity index is 505. The second-order valence-corrected chi connectivity index (χ2v) is 4.00. The molecule has 0 radical (unpaired) electrons. The van der Waals surface area contributed by atoms with Gasteiger partial charge in [-0.05, 0) is 24.6 Å². The molecule has 108 valence electrons. The summed E-state index contributed by atoms with van der Waals surface area (Å²) in [5.74, 6) is -1.35.